The summed E-state index contributed by atoms with van der Waals surface area (Å²) in [5.41, 5.74) is 8.40. The molecular weight excluding hydrogens is 472 g/mol. The van der Waals surface area contributed by atoms with Crippen LogP contribution >= 0.6 is 0 Å². The zero-order valence-corrected chi connectivity index (χ0v) is 22.7. The number of benzene rings is 1. The number of carbonyl (C=O) groups excluding carboxylic acids is 3. The van der Waals surface area contributed by atoms with Crippen molar-refractivity contribution in [3.8, 4) is 0 Å². The highest BCUT2D eigenvalue weighted by Crippen LogP contribution is 2.23. The van der Waals surface area contributed by atoms with Gasteiger partial charge in [-0.15, -0.1) is 0 Å². The van der Waals surface area contributed by atoms with Gasteiger partial charge >= 0.3 is 0 Å². The molecule has 11 nitrogen and oxygen atoms in total. The molecule has 5 N–H and O–H groups in total. The Hall–Kier alpha value is -3.99. The number of hydrogen-bond acceptors (Lipinski definition) is 8. The van der Waals surface area contributed by atoms with E-state index in [-0.39, 0.29) is 23.3 Å². The molecule has 2 rings (SSSR count). The maximum Gasteiger partial charge on any atom is 0.271 e. The van der Waals surface area contributed by atoms with Crippen molar-refractivity contribution in [3.05, 3.63) is 52.9 Å². The average molecular weight is 511 g/mol. The minimum atomic E-state index is -0.674. The number of nitrogens with two attached hydrogens (primary N) is 1. The molecule has 0 aliphatic rings. The van der Waals surface area contributed by atoms with Crippen molar-refractivity contribution in [1.82, 2.24) is 25.5 Å². The van der Waals surface area contributed by atoms with E-state index in [4.69, 9.17) is 5.73 Å². The van der Waals surface area contributed by atoms with Crippen LogP contribution < -0.4 is 26.6 Å². The van der Waals surface area contributed by atoms with Gasteiger partial charge in [-0.2, -0.15) is 0 Å². The summed E-state index contributed by atoms with van der Waals surface area (Å²) in [4.78, 5) is 49.3. The normalized spacial score (nSPS) is 12.2. The smallest absolute Gasteiger partial charge is 0.271 e. The number of aromatic nitrogens is 2. The summed E-state index contributed by atoms with van der Waals surface area (Å²) in [5.74, 6) is -0.315. The van der Waals surface area contributed by atoms with Gasteiger partial charge in [0.05, 0.1) is 5.69 Å². The van der Waals surface area contributed by atoms with Crippen molar-refractivity contribution in [2.45, 2.75) is 33.2 Å². The number of nitrogens with one attached hydrogen (secondary N) is 3. The van der Waals surface area contributed by atoms with Gasteiger partial charge in [0.15, 0.2) is 17.3 Å². The zero-order chi connectivity index (χ0) is 27.7. The van der Waals surface area contributed by atoms with Gasteiger partial charge in [0.25, 0.3) is 5.91 Å². The van der Waals surface area contributed by atoms with E-state index in [1.807, 2.05) is 68.3 Å². The Morgan fingerprint density at radius 3 is 2.46 bits per heavy atom. The molecule has 11 heteroatoms. The molecule has 0 spiro atoms. The van der Waals surface area contributed by atoms with E-state index in [1.54, 1.807) is 20.8 Å². The van der Waals surface area contributed by atoms with Crippen molar-refractivity contribution in [1.29, 1.82) is 0 Å². The third kappa shape index (κ3) is 8.87. The quantitative estimate of drug-likeness (QED) is 0.313. The standard InChI is InChI=1S/C26H38N8O3/c1-16(12-14-33(4)5)25(36)30-18(3)26(37)28-13-11-19-9-8-10-20(15-19)31-23-21(22(27)35)29-17(2)24(32-23)34(6)7/h8-10,12,15,18H,11,13-14H2,1-7H3,(H2,27,35)(H,28,37)(H,30,36)(H,31,32). The van der Waals surface area contributed by atoms with Gasteiger partial charge in [-0.1, -0.05) is 18.2 Å². The lowest BCUT2D eigenvalue weighted by Gasteiger charge is -2.17. The van der Waals surface area contributed by atoms with Crippen LogP contribution in [-0.4, -0.2) is 79.9 Å². The molecule has 2 aromatic rings. The van der Waals surface area contributed by atoms with Crippen LogP contribution in [0.1, 0.15) is 35.6 Å². The van der Waals surface area contributed by atoms with Gasteiger partial charge in [-0.05, 0) is 59.0 Å². The van der Waals surface area contributed by atoms with Crippen LogP contribution in [0.25, 0.3) is 0 Å². The fraction of sp³-hybridized carbons (Fsp3) is 0.423. The van der Waals surface area contributed by atoms with Crippen molar-refractivity contribution < 1.29 is 14.4 Å². The lowest BCUT2D eigenvalue weighted by Crippen LogP contribution is -2.45. The summed E-state index contributed by atoms with van der Waals surface area (Å²) in [6.45, 7) is 6.17. The molecule has 1 heterocycles. The topological polar surface area (TPSA) is 146 Å². The van der Waals surface area contributed by atoms with Gasteiger partial charge in [-0.3, -0.25) is 14.4 Å². The van der Waals surface area contributed by atoms with Crippen molar-refractivity contribution >= 4 is 35.0 Å². The second kappa shape index (κ2) is 13.4. The summed E-state index contributed by atoms with van der Waals surface area (Å²) < 4.78 is 0. The molecule has 37 heavy (non-hydrogen) atoms. The predicted octanol–water partition coefficient (Wildman–Crippen LogP) is 1.36. The van der Waals surface area contributed by atoms with Gasteiger partial charge < -0.3 is 31.5 Å². The van der Waals surface area contributed by atoms with Gasteiger partial charge in [0.2, 0.25) is 11.8 Å². The van der Waals surface area contributed by atoms with E-state index < -0.39 is 11.9 Å². The van der Waals surface area contributed by atoms with E-state index in [2.05, 4.69) is 25.9 Å². The fourth-order valence-corrected chi connectivity index (χ4v) is 3.41. The van der Waals surface area contributed by atoms with Crippen LogP contribution in [-0.2, 0) is 16.0 Å². The Morgan fingerprint density at radius 1 is 1.14 bits per heavy atom. The largest absolute Gasteiger partial charge is 0.364 e. The minimum absolute atomic E-state index is 0.0589. The molecule has 200 valence electrons. The average Bonchev–Trinajstić information content (AvgIpc) is 2.83. The number of anilines is 3. The molecule has 0 saturated carbocycles. The van der Waals surface area contributed by atoms with E-state index in [0.29, 0.717) is 42.3 Å². The van der Waals surface area contributed by atoms with Crippen LogP contribution in [0.15, 0.2) is 35.9 Å². The zero-order valence-electron chi connectivity index (χ0n) is 22.7. The molecule has 0 saturated heterocycles. The Morgan fingerprint density at radius 2 is 1.84 bits per heavy atom. The summed E-state index contributed by atoms with van der Waals surface area (Å²) in [7, 11) is 7.52. The summed E-state index contributed by atoms with van der Waals surface area (Å²) in [5, 5.41) is 8.71. The first kappa shape index (κ1) is 29.2. The van der Waals surface area contributed by atoms with Crippen molar-refractivity contribution in [3.63, 3.8) is 0 Å². The van der Waals surface area contributed by atoms with Gasteiger partial charge in [0, 0.05) is 38.4 Å². The second-order valence-electron chi connectivity index (χ2n) is 9.30. The number of likely N-dealkylation sites (N-methyl/N-ethyl adjacent to an activating group) is 1. The van der Waals surface area contributed by atoms with Crippen LogP contribution in [0.3, 0.4) is 0 Å². The molecule has 1 atom stereocenters. The second-order valence-corrected chi connectivity index (χ2v) is 9.30. The number of hydrogen-bond donors (Lipinski definition) is 4. The third-order valence-corrected chi connectivity index (χ3v) is 5.47. The first-order valence-corrected chi connectivity index (χ1v) is 12.0. The molecule has 0 aliphatic heterocycles. The first-order valence-electron chi connectivity index (χ1n) is 12.0. The molecule has 3 amide bonds. The first-order chi connectivity index (χ1) is 17.4. The van der Waals surface area contributed by atoms with Crippen LogP contribution in [0.5, 0.6) is 0 Å². The van der Waals surface area contributed by atoms with Crippen LogP contribution in [0, 0.1) is 6.92 Å². The van der Waals surface area contributed by atoms with E-state index in [9.17, 15) is 14.4 Å². The van der Waals surface area contributed by atoms with E-state index in [0.717, 1.165) is 5.56 Å². The third-order valence-electron chi connectivity index (χ3n) is 5.47. The monoisotopic (exact) mass is 510 g/mol. The van der Waals surface area contributed by atoms with Crippen molar-refractivity contribution in [2.75, 3.05) is 51.5 Å². The molecule has 1 aromatic carbocycles. The van der Waals surface area contributed by atoms with Crippen molar-refractivity contribution in [2.24, 2.45) is 5.73 Å². The lowest BCUT2D eigenvalue weighted by atomic mass is 10.1. The SMILES string of the molecule is CC(=CCN(C)C)C(=O)NC(C)C(=O)NCCc1cccc(Nc2nc(N(C)C)c(C)nc2C(N)=O)c1. The van der Waals surface area contributed by atoms with Gasteiger partial charge in [0.1, 0.15) is 6.04 Å². The Balaban J connectivity index is 1.99. The van der Waals surface area contributed by atoms with E-state index >= 15 is 0 Å². The highest BCUT2D eigenvalue weighted by molar-refractivity contribution is 5.97. The number of primary amides is 1. The summed E-state index contributed by atoms with van der Waals surface area (Å²) in [6, 6.07) is 6.87. The molecular formula is C26H38N8O3. The maximum absolute atomic E-state index is 12.5. The predicted molar refractivity (Wildman–Crippen MR) is 146 cm³/mol. The Kier molecular flexibility index (Phi) is 10.6. The molecule has 0 aliphatic carbocycles. The van der Waals surface area contributed by atoms with E-state index in [1.165, 1.54) is 0 Å². The number of carbonyl (C=O) groups is 3. The highest BCUT2D eigenvalue weighted by atomic mass is 16.2. The maximum atomic E-state index is 12.5. The fourth-order valence-electron chi connectivity index (χ4n) is 3.41. The van der Waals surface area contributed by atoms with Crippen LogP contribution in [0.2, 0.25) is 0 Å². The number of aryl methyl sites for hydroxylation is 1. The Labute approximate surface area is 218 Å². The molecule has 1 unspecified atom stereocenters. The lowest BCUT2D eigenvalue weighted by molar-refractivity contribution is -0.126. The molecule has 0 fully saturated rings. The van der Waals surface area contributed by atoms with Gasteiger partial charge in [-0.25, -0.2) is 9.97 Å². The number of amides is 3. The molecule has 0 bridgehead atoms. The molecule has 1 aromatic heterocycles. The van der Waals surface area contributed by atoms with Crippen LogP contribution in [0.4, 0.5) is 17.3 Å². The molecule has 0 radical (unpaired) electrons. The summed E-state index contributed by atoms with van der Waals surface area (Å²) in [6.07, 6.45) is 2.38. The Bertz CT molecular complexity index is 1160. The minimum Gasteiger partial charge on any atom is -0.364 e. The summed E-state index contributed by atoms with van der Waals surface area (Å²) >= 11 is 0. The number of nitrogens with zero attached hydrogens (tertiary/aromatic N) is 4. The number of rotatable bonds is 12. The highest BCUT2D eigenvalue weighted by Gasteiger charge is 2.18.